The van der Waals surface area contributed by atoms with Crippen LogP contribution in [0.4, 0.5) is 5.69 Å². The average molecular weight is 258 g/mol. The Kier molecular flexibility index (Phi) is 3.13. The van der Waals surface area contributed by atoms with E-state index in [4.69, 9.17) is 0 Å². The second-order valence-electron chi connectivity index (χ2n) is 3.75. The molecule has 0 aromatic carbocycles. The van der Waals surface area contributed by atoms with Crippen molar-refractivity contribution in [1.82, 2.24) is 10.3 Å². The number of H-pyrrole nitrogens is 1. The number of aromatic amines is 1. The SMILES string of the molecule is CNC1CCCN(c2cc[nH]c2Br)C1. The monoisotopic (exact) mass is 257 g/mol. The maximum absolute atomic E-state index is 3.53. The Morgan fingerprint density at radius 2 is 2.50 bits per heavy atom. The van der Waals surface area contributed by atoms with Gasteiger partial charge in [-0.1, -0.05) is 0 Å². The Morgan fingerprint density at radius 1 is 1.64 bits per heavy atom. The summed E-state index contributed by atoms with van der Waals surface area (Å²) in [6, 6.07) is 2.76. The molecule has 1 aliphatic heterocycles. The van der Waals surface area contributed by atoms with Crippen LogP contribution < -0.4 is 10.2 Å². The van der Waals surface area contributed by atoms with E-state index in [2.05, 4.69) is 37.2 Å². The van der Waals surface area contributed by atoms with E-state index < -0.39 is 0 Å². The van der Waals surface area contributed by atoms with Crippen LogP contribution in [0, 0.1) is 0 Å². The van der Waals surface area contributed by atoms with Crippen molar-refractivity contribution in [1.29, 1.82) is 0 Å². The fraction of sp³-hybridized carbons (Fsp3) is 0.600. The largest absolute Gasteiger partial charge is 0.368 e. The van der Waals surface area contributed by atoms with E-state index in [1.807, 2.05) is 13.2 Å². The van der Waals surface area contributed by atoms with E-state index in [-0.39, 0.29) is 0 Å². The van der Waals surface area contributed by atoms with Crippen molar-refractivity contribution >= 4 is 21.6 Å². The highest BCUT2D eigenvalue weighted by atomic mass is 79.9. The third kappa shape index (κ3) is 1.96. The highest BCUT2D eigenvalue weighted by Crippen LogP contribution is 2.27. The van der Waals surface area contributed by atoms with E-state index in [1.54, 1.807) is 0 Å². The van der Waals surface area contributed by atoms with Crippen molar-refractivity contribution in [2.45, 2.75) is 18.9 Å². The Labute approximate surface area is 93.0 Å². The molecule has 1 aromatic heterocycles. The molecule has 1 aromatic rings. The van der Waals surface area contributed by atoms with E-state index in [9.17, 15) is 0 Å². The number of aromatic nitrogens is 1. The van der Waals surface area contributed by atoms with Gasteiger partial charge in [0.05, 0.1) is 5.69 Å². The molecular formula is C10H16BrN3. The van der Waals surface area contributed by atoms with E-state index in [0.29, 0.717) is 6.04 Å². The molecule has 1 aliphatic rings. The molecule has 0 bridgehead atoms. The fourth-order valence-corrected chi connectivity index (χ4v) is 2.53. The fourth-order valence-electron chi connectivity index (χ4n) is 2.02. The van der Waals surface area contributed by atoms with Gasteiger partial charge in [-0.15, -0.1) is 0 Å². The molecule has 0 aliphatic carbocycles. The molecule has 1 fully saturated rings. The van der Waals surface area contributed by atoms with Gasteiger partial charge in [0.25, 0.3) is 0 Å². The number of hydrogen-bond acceptors (Lipinski definition) is 2. The smallest absolute Gasteiger partial charge is 0.106 e. The van der Waals surface area contributed by atoms with Gasteiger partial charge >= 0.3 is 0 Å². The van der Waals surface area contributed by atoms with Gasteiger partial charge in [0.1, 0.15) is 4.60 Å². The molecular weight excluding hydrogens is 242 g/mol. The summed E-state index contributed by atoms with van der Waals surface area (Å²) >= 11 is 3.53. The first-order valence-electron chi connectivity index (χ1n) is 5.06. The van der Waals surface area contributed by atoms with Gasteiger partial charge in [0.15, 0.2) is 0 Å². The summed E-state index contributed by atoms with van der Waals surface area (Å²) < 4.78 is 1.09. The summed E-state index contributed by atoms with van der Waals surface area (Å²) in [5.41, 5.74) is 1.28. The quantitative estimate of drug-likeness (QED) is 0.849. The van der Waals surface area contributed by atoms with Crippen molar-refractivity contribution < 1.29 is 0 Å². The molecule has 2 rings (SSSR count). The van der Waals surface area contributed by atoms with Crippen molar-refractivity contribution in [2.75, 3.05) is 25.0 Å². The summed E-state index contributed by atoms with van der Waals surface area (Å²) in [5.74, 6) is 0. The molecule has 0 spiro atoms. The maximum atomic E-state index is 3.53. The van der Waals surface area contributed by atoms with Gasteiger partial charge in [0, 0.05) is 25.3 Å². The molecule has 2 N–H and O–H groups in total. The third-order valence-electron chi connectivity index (χ3n) is 2.85. The minimum absolute atomic E-state index is 0.630. The second kappa shape index (κ2) is 4.36. The highest BCUT2D eigenvalue weighted by Gasteiger charge is 2.20. The van der Waals surface area contributed by atoms with Gasteiger partial charge < -0.3 is 15.2 Å². The number of piperidine rings is 1. The predicted molar refractivity (Wildman–Crippen MR) is 62.8 cm³/mol. The number of hydrogen-bond donors (Lipinski definition) is 2. The minimum atomic E-state index is 0.630. The highest BCUT2D eigenvalue weighted by molar-refractivity contribution is 9.10. The topological polar surface area (TPSA) is 31.1 Å². The molecule has 0 saturated carbocycles. The zero-order valence-electron chi connectivity index (χ0n) is 8.39. The first-order valence-corrected chi connectivity index (χ1v) is 5.85. The number of nitrogens with one attached hydrogen (secondary N) is 2. The van der Waals surface area contributed by atoms with Crippen LogP contribution >= 0.6 is 15.9 Å². The first-order chi connectivity index (χ1) is 6.81. The van der Waals surface area contributed by atoms with Crippen LogP contribution in [0.15, 0.2) is 16.9 Å². The Bertz CT molecular complexity index is 297. The third-order valence-corrected chi connectivity index (χ3v) is 3.48. The van der Waals surface area contributed by atoms with Crippen LogP contribution in [0.5, 0.6) is 0 Å². The van der Waals surface area contributed by atoms with Crippen LogP contribution in [-0.2, 0) is 0 Å². The van der Waals surface area contributed by atoms with Gasteiger partial charge in [-0.3, -0.25) is 0 Å². The molecule has 0 radical (unpaired) electrons. The lowest BCUT2D eigenvalue weighted by Gasteiger charge is -2.33. The Balaban J connectivity index is 2.08. The maximum Gasteiger partial charge on any atom is 0.106 e. The summed E-state index contributed by atoms with van der Waals surface area (Å²) in [4.78, 5) is 5.58. The number of halogens is 1. The summed E-state index contributed by atoms with van der Waals surface area (Å²) in [5, 5.41) is 3.35. The standard InChI is InChI=1S/C10H16BrN3/c1-12-8-3-2-6-14(7-8)9-4-5-13-10(9)11/h4-5,8,12-13H,2-3,6-7H2,1H3. The summed E-state index contributed by atoms with van der Waals surface area (Å²) in [6.07, 6.45) is 4.53. The van der Waals surface area contributed by atoms with E-state index in [1.165, 1.54) is 18.5 Å². The number of rotatable bonds is 2. The zero-order chi connectivity index (χ0) is 9.97. The van der Waals surface area contributed by atoms with Gasteiger partial charge in [-0.05, 0) is 41.9 Å². The van der Waals surface area contributed by atoms with Crippen LogP contribution in [0.2, 0.25) is 0 Å². The average Bonchev–Trinajstić information content (AvgIpc) is 2.65. The predicted octanol–water partition coefficient (Wildman–Crippen LogP) is 1.97. The zero-order valence-corrected chi connectivity index (χ0v) is 9.97. The lowest BCUT2D eigenvalue weighted by atomic mass is 10.1. The molecule has 1 saturated heterocycles. The van der Waals surface area contributed by atoms with Crippen LogP contribution in [-0.4, -0.2) is 31.2 Å². The number of anilines is 1. The second-order valence-corrected chi connectivity index (χ2v) is 4.54. The number of nitrogens with zero attached hydrogens (tertiary/aromatic N) is 1. The van der Waals surface area contributed by atoms with Crippen LogP contribution in [0.1, 0.15) is 12.8 Å². The normalized spacial score (nSPS) is 22.7. The summed E-state index contributed by atoms with van der Waals surface area (Å²) in [7, 11) is 2.04. The summed E-state index contributed by atoms with van der Waals surface area (Å²) in [6.45, 7) is 2.27. The van der Waals surface area contributed by atoms with Gasteiger partial charge in [0.2, 0.25) is 0 Å². The van der Waals surface area contributed by atoms with Gasteiger partial charge in [-0.25, -0.2) is 0 Å². The lowest BCUT2D eigenvalue weighted by molar-refractivity contribution is 0.449. The Hall–Kier alpha value is -0.480. The molecule has 0 amide bonds. The van der Waals surface area contributed by atoms with Crippen LogP contribution in [0.3, 0.4) is 0 Å². The van der Waals surface area contributed by atoms with Crippen LogP contribution in [0.25, 0.3) is 0 Å². The van der Waals surface area contributed by atoms with Crippen molar-refractivity contribution in [2.24, 2.45) is 0 Å². The molecule has 1 atom stereocenters. The van der Waals surface area contributed by atoms with Crippen molar-refractivity contribution in [3.63, 3.8) is 0 Å². The molecule has 14 heavy (non-hydrogen) atoms. The molecule has 1 unspecified atom stereocenters. The van der Waals surface area contributed by atoms with Crippen molar-refractivity contribution in [3.05, 3.63) is 16.9 Å². The number of likely N-dealkylation sites (N-methyl/N-ethyl adjacent to an activating group) is 1. The lowest BCUT2D eigenvalue weighted by Crippen LogP contribution is -2.44. The molecule has 78 valence electrons. The van der Waals surface area contributed by atoms with Crippen molar-refractivity contribution in [3.8, 4) is 0 Å². The first kappa shape index (κ1) is 10.1. The molecule has 3 nitrogen and oxygen atoms in total. The van der Waals surface area contributed by atoms with Gasteiger partial charge in [-0.2, -0.15) is 0 Å². The van der Waals surface area contributed by atoms with E-state index in [0.717, 1.165) is 17.7 Å². The molecule has 4 heteroatoms. The minimum Gasteiger partial charge on any atom is -0.368 e. The Morgan fingerprint density at radius 3 is 3.14 bits per heavy atom. The van der Waals surface area contributed by atoms with E-state index >= 15 is 0 Å². The molecule has 2 heterocycles.